The normalized spacial score (nSPS) is 13.8. The Bertz CT molecular complexity index is 583. The minimum atomic E-state index is -0.00173. The number of hydrogen-bond acceptors (Lipinski definition) is 1. The van der Waals surface area contributed by atoms with Crippen molar-refractivity contribution >= 4 is 0 Å². The first-order valence-electron chi connectivity index (χ1n) is 5.65. The average molecular weight is 211 g/mol. The predicted molar refractivity (Wildman–Crippen MR) is 64.5 cm³/mol. The molecule has 0 radical (unpaired) electrons. The molecule has 0 atom stereocenters. The van der Waals surface area contributed by atoms with Crippen LogP contribution in [0.25, 0.3) is 11.1 Å². The van der Waals surface area contributed by atoms with E-state index in [0.717, 1.165) is 25.0 Å². The highest BCUT2D eigenvalue weighted by molar-refractivity contribution is 5.70. The second kappa shape index (κ2) is 3.63. The van der Waals surface area contributed by atoms with E-state index in [9.17, 15) is 4.79 Å². The van der Waals surface area contributed by atoms with Crippen LogP contribution in [-0.2, 0) is 12.8 Å². The van der Waals surface area contributed by atoms with Crippen molar-refractivity contribution in [3.05, 3.63) is 58.0 Å². The fraction of sp³-hybridized carbons (Fsp3) is 0.214. The molecule has 2 aromatic rings. The van der Waals surface area contributed by atoms with Crippen molar-refractivity contribution in [1.82, 2.24) is 4.98 Å². The van der Waals surface area contributed by atoms with Gasteiger partial charge in [0.1, 0.15) is 0 Å². The lowest BCUT2D eigenvalue weighted by molar-refractivity contribution is 0.811. The number of benzene rings is 1. The van der Waals surface area contributed by atoms with Crippen LogP contribution >= 0.6 is 0 Å². The Hall–Kier alpha value is -1.83. The van der Waals surface area contributed by atoms with Gasteiger partial charge in [0.2, 0.25) is 5.56 Å². The Labute approximate surface area is 94.0 Å². The van der Waals surface area contributed by atoms with E-state index >= 15 is 0 Å². The molecule has 80 valence electrons. The van der Waals surface area contributed by atoms with Gasteiger partial charge in [0.05, 0.1) is 0 Å². The van der Waals surface area contributed by atoms with Gasteiger partial charge in [-0.3, -0.25) is 4.79 Å². The van der Waals surface area contributed by atoms with Gasteiger partial charge in [-0.2, -0.15) is 0 Å². The summed E-state index contributed by atoms with van der Waals surface area (Å²) in [6.45, 7) is 0. The van der Waals surface area contributed by atoms with E-state index in [2.05, 4.69) is 29.2 Å². The lowest BCUT2D eigenvalue weighted by Crippen LogP contribution is -2.07. The van der Waals surface area contributed by atoms with Crippen molar-refractivity contribution in [2.24, 2.45) is 0 Å². The molecule has 2 nitrogen and oxygen atoms in total. The monoisotopic (exact) mass is 211 g/mol. The summed E-state index contributed by atoms with van der Waals surface area (Å²) >= 11 is 0. The summed E-state index contributed by atoms with van der Waals surface area (Å²) in [5.74, 6) is 0. The van der Waals surface area contributed by atoms with Gasteiger partial charge in [-0.05, 0) is 36.5 Å². The molecule has 0 saturated carbocycles. The predicted octanol–water partition coefficient (Wildman–Crippen LogP) is 2.53. The number of aromatic nitrogens is 1. The third-order valence-corrected chi connectivity index (χ3v) is 3.18. The van der Waals surface area contributed by atoms with Gasteiger partial charge >= 0.3 is 0 Å². The fourth-order valence-electron chi connectivity index (χ4n) is 2.42. The Morgan fingerprint density at radius 2 is 1.81 bits per heavy atom. The molecule has 0 fully saturated rings. The third kappa shape index (κ3) is 1.47. The van der Waals surface area contributed by atoms with Gasteiger partial charge < -0.3 is 4.98 Å². The number of nitrogens with one attached hydrogen (secondary N) is 1. The smallest absolute Gasteiger partial charge is 0.248 e. The largest absolute Gasteiger partial charge is 0.326 e. The Kier molecular flexibility index (Phi) is 2.13. The van der Waals surface area contributed by atoms with E-state index in [0.29, 0.717) is 0 Å². The van der Waals surface area contributed by atoms with Crippen LogP contribution in [0.3, 0.4) is 0 Å². The van der Waals surface area contributed by atoms with Crippen LogP contribution in [0, 0.1) is 0 Å². The van der Waals surface area contributed by atoms with E-state index in [4.69, 9.17) is 0 Å². The second-order valence-corrected chi connectivity index (χ2v) is 4.23. The number of H-pyrrole nitrogens is 1. The van der Waals surface area contributed by atoms with Gasteiger partial charge in [-0.1, -0.05) is 24.3 Å². The molecule has 1 aliphatic carbocycles. The Morgan fingerprint density at radius 1 is 0.938 bits per heavy atom. The molecule has 0 amide bonds. The van der Waals surface area contributed by atoms with Crippen molar-refractivity contribution < 1.29 is 0 Å². The number of hydrogen-bond donors (Lipinski definition) is 1. The summed E-state index contributed by atoms with van der Waals surface area (Å²) in [7, 11) is 0. The number of aromatic amines is 1. The molecule has 1 N–H and O–H groups in total. The molecular weight excluding hydrogens is 198 g/mol. The topological polar surface area (TPSA) is 32.9 Å². The lowest BCUT2D eigenvalue weighted by atomic mass is 9.99. The van der Waals surface area contributed by atoms with E-state index in [-0.39, 0.29) is 5.56 Å². The fourth-order valence-corrected chi connectivity index (χ4v) is 2.42. The summed E-state index contributed by atoms with van der Waals surface area (Å²) in [5.41, 5.74) is 4.92. The maximum Gasteiger partial charge on any atom is 0.248 e. The van der Waals surface area contributed by atoms with E-state index in [1.54, 1.807) is 6.07 Å². The standard InChI is InChI=1S/C14H13NO/c16-14-9-8-12-11-6-2-1-4-10(11)5-3-7-13(12)15-14/h1-2,4,6,8-9H,3,5,7H2,(H,15,16). The Balaban J connectivity index is 2.29. The average Bonchev–Trinajstić information content (AvgIpc) is 2.47. The maximum absolute atomic E-state index is 11.3. The molecule has 0 saturated heterocycles. The molecule has 0 aliphatic heterocycles. The molecule has 3 rings (SSSR count). The highest BCUT2D eigenvalue weighted by atomic mass is 16.1. The molecule has 16 heavy (non-hydrogen) atoms. The van der Waals surface area contributed by atoms with Crippen molar-refractivity contribution in [1.29, 1.82) is 0 Å². The first-order chi connectivity index (χ1) is 7.84. The summed E-state index contributed by atoms with van der Waals surface area (Å²) < 4.78 is 0. The number of fused-ring (bicyclic) bond motifs is 3. The Morgan fingerprint density at radius 3 is 2.75 bits per heavy atom. The molecule has 1 aromatic heterocycles. The molecule has 1 heterocycles. The van der Waals surface area contributed by atoms with Crippen molar-refractivity contribution in [3.63, 3.8) is 0 Å². The number of rotatable bonds is 0. The highest BCUT2D eigenvalue weighted by Crippen LogP contribution is 2.30. The van der Waals surface area contributed by atoms with Crippen molar-refractivity contribution in [2.45, 2.75) is 19.3 Å². The quantitative estimate of drug-likeness (QED) is 0.713. The van der Waals surface area contributed by atoms with E-state index < -0.39 is 0 Å². The molecular formula is C14H13NO. The zero-order chi connectivity index (χ0) is 11.0. The van der Waals surface area contributed by atoms with Crippen LogP contribution in [0.5, 0.6) is 0 Å². The maximum atomic E-state index is 11.3. The molecule has 0 spiro atoms. The van der Waals surface area contributed by atoms with Crippen LogP contribution < -0.4 is 5.56 Å². The van der Waals surface area contributed by atoms with E-state index in [1.165, 1.54) is 16.7 Å². The van der Waals surface area contributed by atoms with Crippen LogP contribution in [-0.4, -0.2) is 4.98 Å². The molecule has 1 aliphatic rings. The lowest BCUT2D eigenvalue weighted by Gasteiger charge is -2.07. The molecule has 2 heteroatoms. The van der Waals surface area contributed by atoms with Crippen LogP contribution in [0.2, 0.25) is 0 Å². The van der Waals surface area contributed by atoms with Crippen LogP contribution in [0.4, 0.5) is 0 Å². The summed E-state index contributed by atoms with van der Waals surface area (Å²) in [6.07, 6.45) is 3.15. The zero-order valence-electron chi connectivity index (χ0n) is 8.99. The van der Waals surface area contributed by atoms with Gasteiger partial charge in [-0.15, -0.1) is 0 Å². The first-order valence-corrected chi connectivity index (χ1v) is 5.65. The summed E-state index contributed by atoms with van der Waals surface area (Å²) in [4.78, 5) is 14.3. The van der Waals surface area contributed by atoms with Crippen molar-refractivity contribution in [2.75, 3.05) is 0 Å². The minimum Gasteiger partial charge on any atom is -0.326 e. The number of pyridine rings is 1. The zero-order valence-corrected chi connectivity index (χ0v) is 8.99. The molecule has 1 aromatic carbocycles. The SMILES string of the molecule is O=c1ccc2c([nH]1)CCCc1ccccc1-2. The second-order valence-electron chi connectivity index (χ2n) is 4.23. The molecule has 0 unspecified atom stereocenters. The van der Waals surface area contributed by atoms with Gasteiger partial charge in [0.15, 0.2) is 0 Å². The minimum absolute atomic E-state index is 0.00173. The van der Waals surface area contributed by atoms with Crippen molar-refractivity contribution in [3.8, 4) is 11.1 Å². The van der Waals surface area contributed by atoms with Crippen LogP contribution in [0.1, 0.15) is 17.7 Å². The van der Waals surface area contributed by atoms with Crippen LogP contribution in [0.15, 0.2) is 41.2 Å². The summed E-state index contributed by atoms with van der Waals surface area (Å²) in [6, 6.07) is 12.0. The highest BCUT2D eigenvalue weighted by Gasteiger charge is 2.13. The van der Waals surface area contributed by atoms with Gasteiger partial charge in [0.25, 0.3) is 0 Å². The van der Waals surface area contributed by atoms with Gasteiger partial charge in [0, 0.05) is 17.3 Å². The first kappa shape index (κ1) is 9.40. The number of aryl methyl sites for hydroxylation is 2. The third-order valence-electron chi connectivity index (χ3n) is 3.18. The van der Waals surface area contributed by atoms with E-state index in [1.807, 2.05) is 6.07 Å². The molecule has 0 bridgehead atoms. The van der Waals surface area contributed by atoms with Gasteiger partial charge in [-0.25, -0.2) is 0 Å². The summed E-state index contributed by atoms with van der Waals surface area (Å²) in [5, 5.41) is 0.